The van der Waals surface area contributed by atoms with Crippen LogP contribution in [0.2, 0.25) is 0 Å². The minimum absolute atomic E-state index is 0.230. The summed E-state index contributed by atoms with van der Waals surface area (Å²) in [6, 6.07) is 17.9. The minimum atomic E-state index is -0.380. The molecule has 0 aromatic heterocycles. The van der Waals surface area contributed by atoms with Gasteiger partial charge in [0.1, 0.15) is 5.25 Å². The first-order valence-corrected chi connectivity index (χ1v) is 7.79. The van der Waals surface area contributed by atoms with Crippen molar-refractivity contribution in [2.24, 2.45) is 0 Å². The summed E-state index contributed by atoms with van der Waals surface area (Å²) >= 11 is 1.35. The van der Waals surface area contributed by atoms with Crippen molar-refractivity contribution in [1.29, 1.82) is 5.26 Å². The molecule has 4 nitrogen and oxygen atoms in total. The van der Waals surface area contributed by atoms with Gasteiger partial charge in [-0.05, 0) is 29.8 Å². The number of rotatable bonds is 2. The molecule has 0 spiro atoms. The Morgan fingerprint density at radius 1 is 1.05 bits per heavy atom. The van der Waals surface area contributed by atoms with E-state index in [4.69, 9.17) is 5.26 Å². The SMILES string of the molecule is N#Cc1ccc(N2C(=O)CS[C@@H](c3ccccc3)C2=O)cc1. The lowest BCUT2D eigenvalue weighted by Crippen LogP contribution is -2.44. The molecule has 3 rings (SSSR count). The summed E-state index contributed by atoms with van der Waals surface area (Å²) in [5.41, 5.74) is 1.90. The fourth-order valence-corrected chi connectivity index (χ4v) is 3.39. The lowest BCUT2D eigenvalue weighted by Gasteiger charge is -2.30. The molecule has 1 fully saturated rings. The van der Waals surface area contributed by atoms with Gasteiger partial charge >= 0.3 is 0 Å². The second-order valence-corrected chi connectivity index (χ2v) is 5.92. The van der Waals surface area contributed by atoms with Crippen LogP contribution in [0.15, 0.2) is 54.6 Å². The molecule has 1 aliphatic rings. The first kappa shape index (κ1) is 14.4. The van der Waals surface area contributed by atoms with E-state index in [1.54, 1.807) is 24.3 Å². The predicted octanol–water partition coefficient (Wildman–Crippen LogP) is 2.91. The van der Waals surface area contributed by atoms with E-state index in [0.29, 0.717) is 11.3 Å². The van der Waals surface area contributed by atoms with Gasteiger partial charge in [0.2, 0.25) is 5.91 Å². The molecule has 0 saturated carbocycles. The average molecular weight is 308 g/mol. The van der Waals surface area contributed by atoms with Crippen LogP contribution in [0, 0.1) is 11.3 Å². The third-order valence-electron chi connectivity index (χ3n) is 3.42. The second-order valence-electron chi connectivity index (χ2n) is 4.83. The molecule has 1 heterocycles. The summed E-state index contributed by atoms with van der Waals surface area (Å²) in [4.78, 5) is 26.1. The van der Waals surface area contributed by atoms with E-state index >= 15 is 0 Å². The Kier molecular flexibility index (Phi) is 3.94. The molecule has 22 heavy (non-hydrogen) atoms. The Balaban J connectivity index is 1.93. The van der Waals surface area contributed by atoms with Crippen LogP contribution in [0.3, 0.4) is 0 Å². The minimum Gasteiger partial charge on any atom is -0.273 e. The Morgan fingerprint density at radius 3 is 2.36 bits per heavy atom. The number of nitriles is 1. The van der Waals surface area contributed by atoms with Gasteiger partial charge in [-0.25, -0.2) is 4.90 Å². The zero-order chi connectivity index (χ0) is 15.5. The van der Waals surface area contributed by atoms with Gasteiger partial charge in [0.15, 0.2) is 0 Å². The van der Waals surface area contributed by atoms with Crippen LogP contribution in [-0.2, 0) is 9.59 Å². The van der Waals surface area contributed by atoms with Crippen LogP contribution in [0.25, 0.3) is 0 Å². The van der Waals surface area contributed by atoms with E-state index < -0.39 is 0 Å². The van der Waals surface area contributed by atoms with Gasteiger partial charge in [0.05, 0.1) is 23.1 Å². The maximum Gasteiger partial charge on any atom is 0.251 e. The van der Waals surface area contributed by atoms with Gasteiger partial charge in [-0.3, -0.25) is 9.59 Å². The zero-order valence-corrected chi connectivity index (χ0v) is 12.4. The van der Waals surface area contributed by atoms with E-state index in [1.807, 2.05) is 36.4 Å². The van der Waals surface area contributed by atoms with Crippen LogP contribution in [0.1, 0.15) is 16.4 Å². The van der Waals surface area contributed by atoms with Gasteiger partial charge in [-0.15, -0.1) is 11.8 Å². The molecule has 2 aromatic carbocycles. The van der Waals surface area contributed by atoms with Crippen molar-refractivity contribution in [2.75, 3.05) is 10.7 Å². The number of benzene rings is 2. The maximum absolute atomic E-state index is 12.7. The Bertz CT molecular complexity index is 750. The third-order valence-corrected chi connectivity index (χ3v) is 4.65. The smallest absolute Gasteiger partial charge is 0.251 e. The first-order chi connectivity index (χ1) is 10.7. The quantitative estimate of drug-likeness (QED) is 0.800. The first-order valence-electron chi connectivity index (χ1n) is 6.74. The Morgan fingerprint density at radius 2 is 1.73 bits per heavy atom. The summed E-state index contributed by atoms with van der Waals surface area (Å²) in [6.45, 7) is 0. The van der Waals surface area contributed by atoms with Crippen molar-refractivity contribution < 1.29 is 9.59 Å². The standard InChI is InChI=1S/C17H12N2O2S/c18-10-12-6-8-14(9-7-12)19-15(20)11-22-16(17(19)21)13-4-2-1-3-5-13/h1-9,16H,11H2/t16-/m0/s1. The van der Waals surface area contributed by atoms with Gasteiger partial charge in [0.25, 0.3) is 5.91 Å². The molecule has 1 saturated heterocycles. The average Bonchev–Trinajstić information content (AvgIpc) is 2.56. The van der Waals surface area contributed by atoms with Crippen LogP contribution < -0.4 is 4.90 Å². The molecule has 1 aliphatic heterocycles. The molecule has 0 bridgehead atoms. The number of imide groups is 1. The normalized spacial score (nSPS) is 18.1. The van der Waals surface area contributed by atoms with Gasteiger partial charge in [-0.1, -0.05) is 30.3 Å². The van der Waals surface area contributed by atoms with Crippen molar-refractivity contribution in [1.82, 2.24) is 0 Å². The molecule has 108 valence electrons. The number of amides is 2. The second kappa shape index (κ2) is 6.04. The molecule has 5 heteroatoms. The highest BCUT2D eigenvalue weighted by Crippen LogP contribution is 2.36. The van der Waals surface area contributed by atoms with Crippen LogP contribution in [0.5, 0.6) is 0 Å². The summed E-state index contributed by atoms with van der Waals surface area (Å²) in [6.07, 6.45) is 0. The van der Waals surface area contributed by atoms with Crippen molar-refractivity contribution in [2.45, 2.75) is 5.25 Å². The van der Waals surface area contributed by atoms with Gasteiger partial charge < -0.3 is 0 Å². The van der Waals surface area contributed by atoms with Crippen LogP contribution >= 0.6 is 11.8 Å². The highest BCUT2D eigenvalue weighted by atomic mass is 32.2. The van der Waals surface area contributed by atoms with Gasteiger partial charge in [-0.2, -0.15) is 5.26 Å². The summed E-state index contributed by atoms with van der Waals surface area (Å²) in [5, 5.41) is 8.45. The van der Waals surface area contributed by atoms with Crippen LogP contribution in [0.4, 0.5) is 5.69 Å². The number of carbonyl (C=O) groups is 2. The van der Waals surface area contributed by atoms with Crippen molar-refractivity contribution in [3.63, 3.8) is 0 Å². The van der Waals surface area contributed by atoms with Crippen LogP contribution in [-0.4, -0.2) is 17.6 Å². The van der Waals surface area contributed by atoms with Crippen molar-refractivity contribution >= 4 is 29.3 Å². The molecule has 1 atom stereocenters. The topological polar surface area (TPSA) is 61.2 Å². The van der Waals surface area contributed by atoms with Gasteiger partial charge in [0, 0.05) is 0 Å². The number of carbonyl (C=O) groups excluding carboxylic acids is 2. The number of nitrogens with zero attached hydrogens (tertiary/aromatic N) is 2. The highest BCUT2D eigenvalue weighted by molar-refractivity contribution is 8.01. The van der Waals surface area contributed by atoms with E-state index in [2.05, 4.69) is 0 Å². The summed E-state index contributed by atoms with van der Waals surface area (Å²) in [7, 11) is 0. The van der Waals surface area contributed by atoms with Crippen molar-refractivity contribution in [3.05, 3.63) is 65.7 Å². The summed E-state index contributed by atoms with van der Waals surface area (Å²) in [5.74, 6) is -0.213. The van der Waals surface area contributed by atoms with E-state index in [1.165, 1.54) is 16.7 Å². The monoisotopic (exact) mass is 308 g/mol. The Hall–Kier alpha value is -2.58. The maximum atomic E-state index is 12.7. The lowest BCUT2D eigenvalue weighted by molar-refractivity contribution is -0.125. The lowest BCUT2D eigenvalue weighted by atomic mass is 10.1. The fraction of sp³-hybridized carbons (Fsp3) is 0.118. The van der Waals surface area contributed by atoms with E-state index in [9.17, 15) is 9.59 Å². The number of thioether (sulfide) groups is 1. The van der Waals surface area contributed by atoms with E-state index in [-0.39, 0.29) is 22.8 Å². The molecule has 2 aromatic rings. The molecule has 0 radical (unpaired) electrons. The van der Waals surface area contributed by atoms with Crippen molar-refractivity contribution in [3.8, 4) is 6.07 Å². The molecule has 0 N–H and O–H groups in total. The largest absolute Gasteiger partial charge is 0.273 e. The molecule has 0 unspecified atom stereocenters. The third kappa shape index (κ3) is 2.61. The molecular formula is C17H12N2O2S. The summed E-state index contributed by atoms with van der Waals surface area (Å²) < 4.78 is 0. The predicted molar refractivity (Wildman–Crippen MR) is 85.3 cm³/mol. The number of hydrogen-bond acceptors (Lipinski definition) is 4. The highest BCUT2D eigenvalue weighted by Gasteiger charge is 2.36. The number of hydrogen-bond donors (Lipinski definition) is 0. The molecular weight excluding hydrogens is 296 g/mol. The molecule has 2 amide bonds. The fourth-order valence-electron chi connectivity index (χ4n) is 2.35. The molecule has 0 aliphatic carbocycles. The zero-order valence-electron chi connectivity index (χ0n) is 11.6. The Labute approximate surface area is 132 Å². The number of anilines is 1. The van der Waals surface area contributed by atoms with E-state index in [0.717, 1.165) is 5.56 Å².